The van der Waals surface area contributed by atoms with E-state index in [2.05, 4.69) is 5.16 Å². The van der Waals surface area contributed by atoms with Crippen molar-refractivity contribution in [3.8, 4) is 0 Å². The average molecular weight is 259 g/mol. The third-order valence-electron chi connectivity index (χ3n) is 2.06. The second-order valence-corrected chi connectivity index (χ2v) is 5.03. The molecule has 0 bridgehead atoms. The van der Waals surface area contributed by atoms with Gasteiger partial charge in [0, 0.05) is 17.2 Å². The fourth-order valence-corrected chi connectivity index (χ4v) is 1.22. The zero-order chi connectivity index (χ0) is 13.8. The van der Waals surface area contributed by atoms with Crippen LogP contribution >= 0.6 is 0 Å². The lowest BCUT2D eigenvalue weighted by atomic mass is 10.00. The Bertz CT molecular complexity index is 419. The number of rotatable bonds is 3. The molecule has 1 rings (SSSR count). The van der Waals surface area contributed by atoms with Crippen LogP contribution in [0.2, 0.25) is 0 Å². The van der Waals surface area contributed by atoms with Crippen molar-refractivity contribution >= 4 is 6.21 Å². The van der Waals surface area contributed by atoms with Gasteiger partial charge in [0.1, 0.15) is 6.61 Å². The van der Waals surface area contributed by atoms with Gasteiger partial charge in [-0.15, -0.1) is 0 Å². The van der Waals surface area contributed by atoms with E-state index in [1.165, 1.54) is 12.1 Å². The Morgan fingerprint density at radius 2 is 1.78 bits per heavy atom. The molecule has 0 fully saturated rings. The molecule has 0 radical (unpaired) electrons. The predicted molar refractivity (Wildman–Crippen MR) is 64.2 cm³/mol. The van der Waals surface area contributed by atoms with E-state index in [0.29, 0.717) is 0 Å². The van der Waals surface area contributed by atoms with Gasteiger partial charge in [0.2, 0.25) is 0 Å². The monoisotopic (exact) mass is 259 g/mol. The van der Waals surface area contributed by atoms with Crippen molar-refractivity contribution in [3.63, 3.8) is 0 Å². The summed E-state index contributed by atoms with van der Waals surface area (Å²) >= 11 is 0. The van der Waals surface area contributed by atoms with E-state index in [-0.39, 0.29) is 17.6 Å². The third kappa shape index (κ3) is 4.77. The van der Waals surface area contributed by atoms with Gasteiger partial charge in [0.05, 0.1) is 5.56 Å². The van der Waals surface area contributed by atoms with Crippen LogP contribution in [0.1, 0.15) is 31.9 Å². The van der Waals surface area contributed by atoms with Crippen molar-refractivity contribution < 1.29 is 18.0 Å². The molecule has 5 heteroatoms. The summed E-state index contributed by atoms with van der Waals surface area (Å²) < 4.78 is 38.0. The Kier molecular flexibility index (Phi) is 4.38. The van der Waals surface area contributed by atoms with Gasteiger partial charge in [-0.3, -0.25) is 0 Å². The van der Waals surface area contributed by atoms with Crippen LogP contribution in [0.25, 0.3) is 0 Å². The van der Waals surface area contributed by atoms with E-state index in [4.69, 9.17) is 4.84 Å². The Hall–Kier alpha value is -1.52. The number of hydrogen-bond donors (Lipinski definition) is 0. The molecule has 0 spiro atoms. The van der Waals surface area contributed by atoms with Gasteiger partial charge in [-0.05, 0) is 6.07 Å². The number of halogens is 3. The highest BCUT2D eigenvalue weighted by Gasteiger charge is 2.32. The van der Waals surface area contributed by atoms with Gasteiger partial charge in [-0.25, -0.2) is 0 Å². The first kappa shape index (κ1) is 14.5. The summed E-state index contributed by atoms with van der Waals surface area (Å²) in [7, 11) is 0. The number of nitrogens with zero attached hydrogens (tertiary/aromatic N) is 1. The molecule has 0 aliphatic rings. The molecule has 0 atom stereocenters. The van der Waals surface area contributed by atoms with Crippen LogP contribution in [0.3, 0.4) is 0 Å². The van der Waals surface area contributed by atoms with Crippen LogP contribution in [-0.2, 0) is 17.6 Å². The minimum atomic E-state index is -4.37. The molecular weight excluding hydrogens is 243 g/mol. The molecule has 2 nitrogen and oxygen atoms in total. The maximum atomic E-state index is 12.7. The van der Waals surface area contributed by atoms with E-state index in [9.17, 15) is 13.2 Å². The molecule has 0 N–H and O–H groups in total. The molecule has 0 aliphatic heterocycles. The first-order valence-electron chi connectivity index (χ1n) is 5.52. The maximum absolute atomic E-state index is 12.7. The molecule has 100 valence electrons. The standard InChI is InChI=1S/C13H16F3NO/c1-12(2,3)9-17-18-8-10-6-4-5-7-11(10)13(14,15)16/h4-7,9H,8H2,1-3H3. The van der Waals surface area contributed by atoms with Crippen molar-refractivity contribution in [2.75, 3.05) is 0 Å². The summed E-state index contributed by atoms with van der Waals surface area (Å²) in [6.07, 6.45) is -2.81. The summed E-state index contributed by atoms with van der Waals surface area (Å²) in [5.41, 5.74) is -0.768. The number of oxime groups is 1. The molecule has 1 aromatic rings. The highest BCUT2D eigenvalue weighted by atomic mass is 19.4. The lowest BCUT2D eigenvalue weighted by Crippen LogP contribution is -2.10. The van der Waals surface area contributed by atoms with Crippen LogP contribution in [0.4, 0.5) is 13.2 Å². The molecule has 0 heterocycles. The second kappa shape index (κ2) is 5.42. The highest BCUT2D eigenvalue weighted by molar-refractivity contribution is 5.63. The fraction of sp³-hybridized carbons (Fsp3) is 0.462. The highest BCUT2D eigenvalue weighted by Crippen LogP contribution is 2.32. The molecule has 0 amide bonds. The van der Waals surface area contributed by atoms with Gasteiger partial charge >= 0.3 is 6.18 Å². The van der Waals surface area contributed by atoms with Crippen molar-refractivity contribution in [2.24, 2.45) is 10.6 Å². The van der Waals surface area contributed by atoms with Crippen molar-refractivity contribution in [3.05, 3.63) is 35.4 Å². The summed E-state index contributed by atoms with van der Waals surface area (Å²) in [4.78, 5) is 4.90. The zero-order valence-electron chi connectivity index (χ0n) is 10.6. The minimum Gasteiger partial charge on any atom is -0.391 e. The Labute approximate surface area is 104 Å². The van der Waals surface area contributed by atoms with Crippen LogP contribution < -0.4 is 0 Å². The van der Waals surface area contributed by atoms with E-state index >= 15 is 0 Å². The Morgan fingerprint density at radius 3 is 2.33 bits per heavy atom. The fourth-order valence-electron chi connectivity index (χ4n) is 1.22. The quantitative estimate of drug-likeness (QED) is 0.587. The second-order valence-electron chi connectivity index (χ2n) is 5.03. The third-order valence-corrected chi connectivity index (χ3v) is 2.06. The first-order chi connectivity index (χ1) is 8.20. The average Bonchev–Trinajstić information content (AvgIpc) is 2.22. The SMILES string of the molecule is CC(C)(C)C=NOCc1ccccc1C(F)(F)F. The van der Waals surface area contributed by atoms with Gasteiger partial charge in [0.25, 0.3) is 0 Å². The van der Waals surface area contributed by atoms with E-state index in [1.807, 2.05) is 20.8 Å². The van der Waals surface area contributed by atoms with Crippen molar-refractivity contribution in [2.45, 2.75) is 33.6 Å². The van der Waals surface area contributed by atoms with Gasteiger partial charge < -0.3 is 4.84 Å². The van der Waals surface area contributed by atoms with Crippen LogP contribution in [0.5, 0.6) is 0 Å². The van der Waals surface area contributed by atoms with Gasteiger partial charge in [-0.1, -0.05) is 44.1 Å². The summed E-state index contributed by atoms with van der Waals surface area (Å²) in [6, 6.07) is 5.31. The van der Waals surface area contributed by atoms with Gasteiger partial charge in [-0.2, -0.15) is 13.2 Å². The molecule has 0 saturated carbocycles. The minimum absolute atomic E-state index is 0.0797. The molecule has 1 aromatic carbocycles. The largest absolute Gasteiger partial charge is 0.416 e. The van der Waals surface area contributed by atoms with Crippen LogP contribution in [0, 0.1) is 5.41 Å². The van der Waals surface area contributed by atoms with E-state index < -0.39 is 11.7 Å². The molecule has 0 aromatic heterocycles. The van der Waals surface area contributed by atoms with Crippen LogP contribution in [0.15, 0.2) is 29.4 Å². The summed E-state index contributed by atoms with van der Waals surface area (Å²) in [6.45, 7) is 5.57. The number of alkyl halides is 3. The Balaban J connectivity index is 2.72. The van der Waals surface area contributed by atoms with E-state index in [0.717, 1.165) is 6.07 Å². The molecule has 0 saturated heterocycles. The smallest absolute Gasteiger partial charge is 0.391 e. The molecular formula is C13H16F3NO. The molecule has 18 heavy (non-hydrogen) atoms. The normalized spacial score (nSPS) is 13.0. The zero-order valence-corrected chi connectivity index (χ0v) is 10.6. The lowest BCUT2D eigenvalue weighted by molar-refractivity contribution is -0.138. The van der Waals surface area contributed by atoms with Crippen LogP contribution in [-0.4, -0.2) is 6.21 Å². The summed E-state index contributed by atoms with van der Waals surface area (Å²) in [5.74, 6) is 0. The van der Waals surface area contributed by atoms with Crippen molar-refractivity contribution in [1.82, 2.24) is 0 Å². The first-order valence-corrected chi connectivity index (χ1v) is 5.52. The van der Waals surface area contributed by atoms with Gasteiger partial charge in [0.15, 0.2) is 0 Å². The molecule has 0 unspecified atom stereocenters. The maximum Gasteiger partial charge on any atom is 0.416 e. The topological polar surface area (TPSA) is 21.6 Å². The predicted octanol–water partition coefficient (Wildman–Crippen LogP) is 4.25. The summed E-state index contributed by atoms with van der Waals surface area (Å²) in [5, 5.41) is 3.67. The number of benzene rings is 1. The molecule has 0 aliphatic carbocycles. The van der Waals surface area contributed by atoms with E-state index in [1.54, 1.807) is 12.3 Å². The Morgan fingerprint density at radius 1 is 1.17 bits per heavy atom. The van der Waals surface area contributed by atoms with Crippen molar-refractivity contribution in [1.29, 1.82) is 0 Å². The lowest BCUT2D eigenvalue weighted by Gasteiger charge is -2.12. The number of hydrogen-bond acceptors (Lipinski definition) is 2.